The van der Waals surface area contributed by atoms with Crippen molar-refractivity contribution >= 4 is 34.2 Å². The molecule has 3 aliphatic rings. The smallest absolute Gasteiger partial charge is 0.274 e. The summed E-state index contributed by atoms with van der Waals surface area (Å²) in [5.41, 5.74) is 1.34. The van der Waals surface area contributed by atoms with E-state index in [1.807, 2.05) is 27.0 Å². The van der Waals surface area contributed by atoms with E-state index in [9.17, 15) is 18.0 Å². The number of carbonyl (C=O) groups is 2. The summed E-state index contributed by atoms with van der Waals surface area (Å²) in [6.07, 6.45) is 3.92. The van der Waals surface area contributed by atoms with Crippen molar-refractivity contribution in [3.8, 4) is 0 Å². The Balaban J connectivity index is 0.00000272. The molecule has 3 atom stereocenters. The first-order valence-corrected chi connectivity index (χ1v) is 12.5. The molecule has 0 unspecified atom stereocenters. The number of hydrogen-bond donors (Lipinski definition) is 0. The molecule has 0 aliphatic carbocycles. The molecule has 3 saturated heterocycles. The molecule has 0 N–H and O–H groups in total. The quantitative estimate of drug-likeness (QED) is 0.635. The lowest BCUT2D eigenvalue weighted by Gasteiger charge is -2.28. The van der Waals surface area contributed by atoms with Gasteiger partial charge in [0.25, 0.3) is 5.91 Å². The van der Waals surface area contributed by atoms with Crippen LogP contribution in [0.5, 0.6) is 0 Å². The fourth-order valence-corrected chi connectivity index (χ4v) is 6.52. The zero-order valence-corrected chi connectivity index (χ0v) is 20.2. The second-order valence-corrected chi connectivity index (χ2v) is 11.0. The number of rotatable bonds is 5. The van der Waals surface area contributed by atoms with Crippen molar-refractivity contribution in [2.45, 2.75) is 51.7 Å². The van der Waals surface area contributed by atoms with E-state index in [1.54, 1.807) is 9.58 Å². The van der Waals surface area contributed by atoms with Gasteiger partial charge in [-0.1, -0.05) is 13.8 Å². The number of nitrogens with zero attached hydrogens (tertiary/aromatic N) is 5. The summed E-state index contributed by atoms with van der Waals surface area (Å²) in [5, 5.41) is 4.45. The van der Waals surface area contributed by atoms with Crippen molar-refractivity contribution in [1.82, 2.24) is 23.9 Å². The molecule has 0 aromatic carbocycles. The summed E-state index contributed by atoms with van der Waals surface area (Å²) >= 11 is 0. The third-order valence-electron chi connectivity index (χ3n) is 6.71. The third-order valence-corrected chi connectivity index (χ3v) is 7.87. The first-order valence-electron chi connectivity index (χ1n) is 10.7. The maximum Gasteiger partial charge on any atom is 0.274 e. The van der Waals surface area contributed by atoms with E-state index < -0.39 is 33.9 Å². The minimum atomic E-state index is -3.68. The Kier molecular flexibility index (Phi) is 6.74. The molecule has 4 heterocycles. The first kappa shape index (κ1) is 24.0. The van der Waals surface area contributed by atoms with Crippen LogP contribution in [0.1, 0.15) is 49.3 Å². The van der Waals surface area contributed by atoms with Crippen molar-refractivity contribution in [2.24, 2.45) is 18.9 Å². The number of aromatic nitrogens is 2. The maximum absolute atomic E-state index is 13.4. The van der Waals surface area contributed by atoms with Crippen LogP contribution in [0.4, 0.5) is 0 Å². The number of likely N-dealkylation sites (tertiary alicyclic amines) is 2. The second-order valence-electron chi connectivity index (χ2n) is 9.14. The van der Waals surface area contributed by atoms with Crippen LogP contribution in [0.3, 0.4) is 0 Å². The normalized spacial score (nSPS) is 26.6. The standard InChI is InChI=1S/C20H31N5O4S.ClH/c1-13(2)17-18-16(25(20(17)27)30(4,28)29)7-10-24(18)19(26)15-11-14(22(3)21-15)12-23-8-5-6-9-23;/h11,13,16-18H,5-10,12H2,1-4H3;1H/t16-,17+,18-;/m0./s1. The van der Waals surface area contributed by atoms with Crippen LogP contribution in [-0.2, 0) is 28.4 Å². The van der Waals surface area contributed by atoms with Crippen molar-refractivity contribution in [2.75, 3.05) is 25.9 Å². The molecule has 0 radical (unpaired) electrons. The fraction of sp³-hybridized carbons (Fsp3) is 0.750. The van der Waals surface area contributed by atoms with E-state index in [0.717, 1.165) is 35.9 Å². The lowest BCUT2D eigenvalue weighted by Crippen LogP contribution is -2.44. The number of carbonyl (C=O) groups excluding carboxylic acids is 2. The molecule has 11 heteroatoms. The van der Waals surface area contributed by atoms with Gasteiger partial charge in [-0.05, 0) is 44.3 Å². The summed E-state index contributed by atoms with van der Waals surface area (Å²) in [6, 6.07) is 0.907. The average Bonchev–Trinajstić information content (AvgIpc) is 3.39. The van der Waals surface area contributed by atoms with E-state index in [0.29, 0.717) is 18.7 Å². The highest BCUT2D eigenvalue weighted by molar-refractivity contribution is 7.88. The molecule has 0 bridgehead atoms. The molecule has 0 saturated carbocycles. The van der Waals surface area contributed by atoms with Crippen LogP contribution in [0.2, 0.25) is 0 Å². The molecule has 2 amide bonds. The van der Waals surface area contributed by atoms with Crippen LogP contribution < -0.4 is 0 Å². The van der Waals surface area contributed by atoms with Gasteiger partial charge in [0.15, 0.2) is 5.69 Å². The fourth-order valence-electron chi connectivity index (χ4n) is 5.35. The lowest BCUT2D eigenvalue weighted by atomic mass is 9.88. The molecule has 4 rings (SSSR count). The Labute approximate surface area is 190 Å². The van der Waals surface area contributed by atoms with Gasteiger partial charge in [-0.25, -0.2) is 12.7 Å². The van der Waals surface area contributed by atoms with Gasteiger partial charge in [0.05, 0.1) is 30.0 Å². The average molecular weight is 474 g/mol. The third kappa shape index (κ3) is 4.21. The van der Waals surface area contributed by atoms with Crippen LogP contribution in [0.15, 0.2) is 6.07 Å². The van der Waals surface area contributed by atoms with E-state index in [-0.39, 0.29) is 24.2 Å². The first-order chi connectivity index (χ1) is 14.1. The van der Waals surface area contributed by atoms with Crippen molar-refractivity contribution in [3.63, 3.8) is 0 Å². The minimum absolute atomic E-state index is 0. The summed E-state index contributed by atoms with van der Waals surface area (Å²) in [6.45, 7) is 7.11. The maximum atomic E-state index is 13.4. The van der Waals surface area contributed by atoms with Gasteiger partial charge < -0.3 is 4.90 Å². The molecular weight excluding hydrogens is 442 g/mol. The van der Waals surface area contributed by atoms with Crippen LogP contribution in [0, 0.1) is 11.8 Å². The Morgan fingerprint density at radius 2 is 1.87 bits per heavy atom. The Morgan fingerprint density at radius 3 is 2.45 bits per heavy atom. The molecule has 9 nitrogen and oxygen atoms in total. The Morgan fingerprint density at radius 1 is 1.23 bits per heavy atom. The van der Waals surface area contributed by atoms with Gasteiger partial charge in [-0.2, -0.15) is 5.10 Å². The largest absolute Gasteiger partial charge is 0.331 e. The molecule has 1 aromatic rings. The van der Waals surface area contributed by atoms with Gasteiger partial charge in [0.1, 0.15) is 0 Å². The second kappa shape index (κ2) is 8.71. The number of halogens is 1. The SMILES string of the molecule is CC(C)[C@H]1C(=O)N(S(C)(=O)=O)[C@H]2CCN(C(=O)c3cc(CN4CCCC4)n(C)n3)[C@H]12.Cl. The topological polar surface area (TPSA) is 95.8 Å². The van der Waals surface area contributed by atoms with Gasteiger partial charge >= 0.3 is 0 Å². The van der Waals surface area contributed by atoms with Gasteiger partial charge in [0.2, 0.25) is 15.9 Å². The van der Waals surface area contributed by atoms with Crippen molar-refractivity contribution < 1.29 is 18.0 Å². The van der Waals surface area contributed by atoms with E-state index in [4.69, 9.17) is 0 Å². The Bertz CT molecular complexity index is 957. The lowest BCUT2D eigenvalue weighted by molar-refractivity contribution is -0.129. The van der Waals surface area contributed by atoms with E-state index >= 15 is 0 Å². The number of aryl methyl sites for hydroxylation is 1. The zero-order valence-electron chi connectivity index (χ0n) is 18.5. The summed E-state index contributed by atoms with van der Waals surface area (Å²) in [5.74, 6) is -1.21. The monoisotopic (exact) mass is 473 g/mol. The van der Waals surface area contributed by atoms with Crippen LogP contribution in [-0.4, -0.2) is 82.1 Å². The number of amides is 2. The summed E-state index contributed by atoms with van der Waals surface area (Å²) in [7, 11) is -1.84. The Hall–Kier alpha value is -1.65. The zero-order chi connectivity index (χ0) is 21.8. The van der Waals surface area contributed by atoms with Gasteiger partial charge in [0, 0.05) is 20.1 Å². The predicted octanol–water partition coefficient (Wildman–Crippen LogP) is 1.09. The van der Waals surface area contributed by atoms with Gasteiger partial charge in [-0.15, -0.1) is 12.4 Å². The van der Waals surface area contributed by atoms with Crippen molar-refractivity contribution in [3.05, 3.63) is 17.5 Å². The predicted molar refractivity (Wildman–Crippen MR) is 118 cm³/mol. The van der Waals surface area contributed by atoms with Crippen molar-refractivity contribution in [1.29, 1.82) is 0 Å². The summed E-state index contributed by atoms with van der Waals surface area (Å²) in [4.78, 5) is 30.4. The highest BCUT2D eigenvalue weighted by atomic mass is 35.5. The van der Waals surface area contributed by atoms with E-state index in [2.05, 4.69) is 10.00 Å². The molecule has 31 heavy (non-hydrogen) atoms. The van der Waals surface area contributed by atoms with Crippen LogP contribution in [0.25, 0.3) is 0 Å². The summed E-state index contributed by atoms with van der Waals surface area (Å²) < 4.78 is 27.4. The van der Waals surface area contributed by atoms with Gasteiger partial charge in [-0.3, -0.25) is 19.2 Å². The highest BCUT2D eigenvalue weighted by Gasteiger charge is 2.58. The molecule has 3 aliphatic heterocycles. The van der Waals surface area contributed by atoms with Crippen LogP contribution >= 0.6 is 12.4 Å². The molecule has 174 valence electrons. The highest BCUT2D eigenvalue weighted by Crippen LogP contribution is 2.41. The molecule has 1 aromatic heterocycles. The molecule has 3 fully saturated rings. The molecule has 0 spiro atoms. The minimum Gasteiger partial charge on any atom is -0.331 e. The van der Waals surface area contributed by atoms with E-state index in [1.165, 1.54) is 12.8 Å². The number of hydrogen-bond acceptors (Lipinski definition) is 6. The number of fused-ring (bicyclic) bond motifs is 1. The number of sulfonamides is 1. The molecular formula is C20H32ClN5O4S.